The first-order chi connectivity index (χ1) is 13.3. The van der Waals surface area contributed by atoms with Crippen molar-refractivity contribution >= 4 is 5.97 Å². The number of alkyl halides is 2. The van der Waals surface area contributed by atoms with Gasteiger partial charge in [0.1, 0.15) is 5.82 Å². The number of carbonyl (C=O) groups excluding carboxylic acids is 1. The lowest BCUT2D eigenvalue weighted by Gasteiger charge is -2.32. The first kappa shape index (κ1) is 20.5. The topological polar surface area (TPSA) is 64.4 Å². The Labute approximate surface area is 163 Å². The van der Waals surface area contributed by atoms with Crippen molar-refractivity contribution in [1.29, 1.82) is 0 Å². The summed E-state index contributed by atoms with van der Waals surface area (Å²) >= 11 is 0. The Balaban J connectivity index is 1.62. The molecule has 2 aromatic rings. The molecule has 1 aromatic heterocycles. The summed E-state index contributed by atoms with van der Waals surface area (Å²) in [6, 6.07) is 8.26. The van der Waals surface area contributed by atoms with Crippen LogP contribution in [0.15, 0.2) is 42.7 Å². The first-order valence-electron chi connectivity index (χ1n) is 9.63. The van der Waals surface area contributed by atoms with Crippen molar-refractivity contribution in [3.05, 3.63) is 54.1 Å². The van der Waals surface area contributed by atoms with E-state index in [1.807, 2.05) is 17.7 Å². The van der Waals surface area contributed by atoms with Crippen LogP contribution in [0, 0.1) is 12.8 Å². The van der Waals surface area contributed by atoms with Crippen LogP contribution in [0.2, 0.25) is 0 Å². The number of benzene rings is 1. The summed E-state index contributed by atoms with van der Waals surface area (Å²) < 4.78 is 34.8. The standard InChI is InChI=1S/C21H26F2N2O3/c1-16-24-11-13-25(16)12-5-6-14-28-19(26)21(27,17-7-3-2-4-8-17)18-9-10-20(22,23)15-18/h2-4,7-8,11,13,18,27H,5-6,9-10,12,14-15H2,1H3/t18-,21-/m0/s1. The van der Waals surface area contributed by atoms with E-state index in [-0.39, 0.29) is 19.4 Å². The molecule has 1 saturated carbocycles. The van der Waals surface area contributed by atoms with Crippen molar-refractivity contribution in [2.45, 2.75) is 57.1 Å². The van der Waals surface area contributed by atoms with Crippen molar-refractivity contribution in [1.82, 2.24) is 9.55 Å². The maximum atomic E-state index is 13.8. The zero-order chi connectivity index (χ0) is 20.2. The van der Waals surface area contributed by atoms with Crippen LogP contribution in [0.3, 0.4) is 0 Å². The monoisotopic (exact) mass is 392 g/mol. The Morgan fingerprint density at radius 1 is 1.36 bits per heavy atom. The molecule has 0 spiro atoms. The van der Waals surface area contributed by atoms with Gasteiger partial charge in [-0.2, -0.15) is 0 Å². The van der Waals surface area contributed by atoms with Gasteiger partial charge in [-0.15, -0.1) is 0 Å². The Morgan fingerprint density at radius 2 is 2.11 bits per heavy atom. The second-order valence-corrected chi connectivity index (χ2v) is 7.44. The van der Waals surface area contributed by atoms with Gasteiger partial charge in [-0.1, -0.05) is 30.3 Å². The Hall–Kier alpha value is -2.28. The molecule has 2 atom stereocenters. The van der Waals surface area contributed by atoms with Gasteiger partial charge in [0.2, 0.25) is 5.92 Å². The maximum absolute atomic E-state index is 13.8. The number of hydrogen-bond acceptors (Lipinski definition) is 4. The maximum Gasteiger partial charge on any atom is 0.343 e. The number of hydrogen-bond donors (Lipinski definition) is 1. The van der Waals surface area contributed by atoms with Crippen LogP contribution in [0.25, 0.3) is 0 Å². The Kier molecular flexibility index (Phi) is 6.13. The molecular weight excluding hydrogens is 366 g/mol. The predicted molar refractivity (Wildman–Crippen MR) is 99.8 cm³/mol. The van der Waals surface area contributed by atoms with Crippen LogP contribution < -0.4 is 0 Å². The normalized spacial score (nSPS) is 20.6. The van der Waals surface area contributed by atoms with Crippen LogP contribution in [0.5, 0.6) is 0 Å². The number of aromatic nitrogens is 2. The number of aliphatic hydroxyl groups is 1. The zero-order valence-corrected chi connectivity index (χ0v) is 16.0. The minimum atomic E-state index is -2.86. The van der Waals surface area contributed by atoms with Crippen LogP contribution in [0.1, 0.15) is 43.5 Å². The Bertz CT molecular complexity index is 794. The lowest BCUT2D eigenvalue weighted by Crippen LogP contribution is -2.44. The summed E-state index contributed by atoms with van der Waals surface area (Å²) in [5.74, 6) is -3.67. The second kappa shape index (κ2) is 8.39. The quantitative estimate of drug-likeness (QED) is 0.548. The van der Waals surface area contributed by atoms with Gasteiger partial charge in [0, 0.05) is 37.7 Å². The predicted octanol–water partition coefficient (Wildman–Crippen LogP) is 3.84. The number of nitrogens with zero attached hydrogens (tertiary/aromatic N) is 2. The molecular formula is C21H26F2N2O3. The number of esters is 1. The molecule has 1 N–H and O–H groups in total. The SMILES string of the molecule is Cc1nccn1CCCCOC(=O)[C@](O)(c1ccccc1)[C@H]1CCC(F)(F)C1. The van der Waals surface area contributed by atoms with Gasteiger partial charge in [-0.05, 0) is 31.7 Å². The van der Waals surface area contributed by atoms with Crippen LogP contribution in [-0.4, -0.2) is 33.2 Å². The van der Waals surface area contributed by atoms with Crippen molar-refractivity contribution in [3.63, 3.8) is 0 Å². The molecule has 0 radical (unpaired) electrons. The smallest absolute Gasteiger partial charge is 0.343 e. The van der Waals surface area contributed by atoms with E-state index in [2.05, 4.69) is 4.98 Å². The van der Waals surface area contributed by atoms with E-state index in [1.165, 1.54) is 0 Å². The molecule has 5 nitrogen and oxygen atoms in total. The molecule has 1 aromatic carbocycles. The lowest BCUT2D eigenvalue weighted by atomic mass is 9.80. The van der Waals surface area contributed by atoms with Gasteiger partial charge in [0.15, 0.2) is 5.60 Å². The van der Waals surface area contributed by atoms with E-state index >= 15 is 0 Å². The molecule has 0 bridgehead atoms. The van der Waals surface area contributed by atoms with Gasteiger partial charge in [-0.25, -0.2) is 18.6 Å². The number of unbranched alkanes of at least 4 members (excludes halogenated alkanes) is 1. The average molecular weight is 392 g/mol. The van der Waals surface area contributed by atoms with Crippen molar-refractivity contribution < 1.29 is 23.4 Å². The van der Waals surface area contributed by atoms with Crippen LogP contribution >= 0.6 is 0 Å². The van der Waals surface area contributed by atoms with Crippen LogP contribution in [-0.2, 0) is 21.7 Å². The number of ether oxygens (including phenoxy) is 1. The molecule has 0 aliphatic heterocycles. The summed E-state index contributed by atoms with van der Waals surface area (Å²) in [5.41, 5.74) is -1.75. The van der Waals surface area contributed by atoms with Gasteiger partial charge in [0.05, 0.1) is 6.61 Å². The third kappa shape index (κ3) is 4.41. The minimum Gasteiger partial charge on any atom is -0.463 e. The largest absolute Gasteiger partial charge is 0.463 e. The fraction of sp³-hybridized carbons (Fsp3) is 0.524. The molecule has 0 saturated heterocycles. The molecule has 0 amide bonds. The highest BCUT2D eigenvalue weighted by molar-refractivity contribution is 5.81. The Morgan fingerprint density at radius 3 is 2.71 bits per heavy atom. The highest BCUT2D eigenvalue weighted by atomic mass is 19.3. The number of rotatable bonds is 8. The number of aryl methyl sites for hydroxylation is 2. The van der Waals surface area contributed by atoms with Crippen molar-refractivity contribution in [2.24, 2.45) is 5.92 Å². The number of halogens is 2. The summed E-state index contributed by atoms with van der Waals surface area (Å²) in [7, 11) is 0. The van der Waals surface area contributed by atoms with E-state index in [9.17, 15) is 18.7 Å². The third-order valence-electron chi connectivity index (χ3n) is 5.47. The van der Waals surface area contributed by atoms with E-state index < -0.39 is 29.8 Å². The van der Waals surface area contributed by atoms with Gasteiger partial charge in [-0.3, -0.25) is 0 Å². The van der Waals surface area contributed by atoms with Crippen LogP contribution in [0.4, 0.5) is 8.78 Å². The molecule has 1 aliphatic carbocycles. The van der Waals surface area contributed by atoms with Gasteiger partial charge < -0.3 is 14.4 Å². The number of imidazole rings is 1. The van der Waals surface area contributed by atoms with E-state index in [4.69, 9.17) is 4.74 Å². The molecule has 28 heavy (non-hydrogen) atoms. The molecule has 0 unspecified atom stereocenters. The number of carbonyl (C=O) groups is 1. The van der Waals surface area contributed by atoms with Gasteiger partial charge >= 0.3 is 5.97 Å². The molecule has 1 fully saturated rings. The highest BCUT2D eigenvalue weighted by Crippen LogP contribution is 2.47. The van der Waals surface area contributed by atoms with Crippen molar-refractivity contribution in [3.8, 4) is 0 Å². The fourth-order valence-corrected chi connectivity index (χ4v) is 3.82. The van der Waals surface area contributed by atoms with E-state index in [0.29, 0.717) is 12.0 Å². The fourth-order valence-electron chi connectivity index (χ4n) is 3.82. The van der Waals surface area contributed by atoms with E-state index in [1.54, 1.807) is 36.5 Å². The van der Waals surface area contributed by atoms with Crippen molar-refractivity contribution in [2.75, 3.05) is 6.61 Å². The second-order valence-electron chi connectivity index (χ2n) is 7.44. The summed E-state index contributed by atoms with van der Waals surface area (Å²) in [4.78, 5) is 16.9. The highest BCUT2D eigenvalue weighted by Gasteiger charge is 2.54. The molecule has 3 rings (SSSR count). The van der Waals surface area contributed by atoms with E-state index in [0.717, 1.165) is 18.8 Å². The first-order valence-corrected chi connectivity index (χ1v) is 9.63. The molecule has 152 valence electrons. The summed E-state index contributed by atoms with van der Waals surface area (Å²) in [6.45, 7) is 2.80. The third-order valence-corrected chi connectivity index (χ3v) is 5.47. The average Bonchev–Trinajstić information content (AvgIpc) is 3.26. The minimum absolute atomic E-state index is 0.0768. The molecule has 1 heterocycles. The zero-order valence-electron chi connectivity index (χ0n) is 16.0. The summed E-state index contributed by atoms with van der Waals surface area (Å²) in [6.07, 6.45) is 4.22. The summed E-state index contributed by atoms with van der Waals surface area (Å²) in [5, 5.41) is 11.2. The van der Waals surface area contributed by atoms with Gasteiger partial charge in [0.25, 0.3) is 0 Å². The lowest BCUT2D eigenvalue weighted by molar-refractivity contribution is -0.175. The molecule has 1 aliphatic rings. The molecule has 7 heteroatoms.